The molecule has 104 valence electrons. The highest BCUT2D eigenvalue weighted by Gasteiger charge is 2.38. The van der Waals surface area contributed by atoms with Crippen molar-refractivity contribution in [1.82, 2.24) is 0 Å². The molecule has 0 spiro atoms. The van der Waals surface area contributed by atoms with Crippen LogP contribution in [0.25, 0.3) is 0 Å². The first-order chi connectivity index (χ1) is 8.97. The van der Waals surface area contributed by atoms with Gasteiger partial charge in [0.25, 0.3) is 0 Å². The Labute approximate surface area is 108 Å². The molecule has 0 aliphatic heterocycles. The number of alkyl halides is 3. The minimum absolute atomic E-state index is 0.00387. The van der Waals surface area contributed by atoms with Crippen LogP contribution in [-0.4, -0.2) is 30.6 Å². The Kier molecular flexibility index (Phi) is 3.80. The van der Waals surface area contributed by atoms with Gasteiger partial charge in [0.1, 0.15) is 6.29 Å². The summed E-state index contributed by atoms with van der Waals surface area (Å²) in [6.45, 7) is -0.0442. The Hall–Kier alpha value is -1.56. The summed E-state index contributed by atoms with van der Waals surface area (Å²) in [6, 6.07) is 3.58. The van der Waals surface area contributed by atoms with E-state index in [2.05, 4.69) is 0 Å². The molecule has 3 nitrogen and oxygen atoms in total. The van der Waals surface area contributed by atoms with Gasteiger partial charge in [-0.1, -0.05) is 0 Å². The zero-order valence-electron chi connectivity index (χ0n) is 10.2. The average Bonchev–Trinajstić information content (AvgIpc) is 3.18. The lowest BCUT2D eigenvalue weighted by Crippen LogP contribution is -2.31. The molecule has 0 bridgehead atoms. The third-order valence-electron chi connectivity index (χ3n) is 3.10. The predicted molar refractivity (Wildman–Crippen MR) is 64.3 cm³/mol. The maximum atomic E-state index is 13.0. The molecule has 0 amide bonds. The summed E-state index contributed by atoms with van der Waals surface area (Å²) in [7, 11) is 0. The molecule has 1 aliphatic carbocycles. The molecule has 0 aromatic heterocycles. The van der Waals surface area contributed by atoms with Gasteiger partial charge in [0.15, 0.2) is 0 Å². The van der Waals surface area contributed by atoms with Gasteiger partial charge >= 0.3 is 6.18 Å². The van der Waals surface area contributed by atoms with Crippen LogP contribution in [0.5, 0.6) is 0 Å². The fraction of sp³-hybridized carbons (Fsp3) is 0.462. The largest absolute Gasteiger partial charge is 0.418 e. The first-order valence-corrected chi connectivity index (χ1v) is 6.01. The second kappa shape index (κ2) is 5.21. The number of carbonyl (C=O) groups excluding carboxylic acids is 1. The molecule has 1 saturated carbocycles. The van der Waals surface area contributed by atoms with Gasteiger partial charge in [-0.25, -0.2) is 0 Å². The molecule has 1 aliphatic rings. The smallest absolute Gasteiger partial charge is 0.395 e. The number of aliphatic hydroxyl groups excluding tert-OH is 1. The van der Waals surface area contributed by atoms with E-state index in [0.717, 1.165) is 18.9 Å². The number of nitrogens with zero attached hydrogens (tertiary/aromatic N) is 1. The molecule has 2 rings (SSSR count). The number of aldehydes is 1. The van der Waals surface area contributed by atoms with E-state index in [1.807, 2.05) is 0 Å². The highest BCUT2D eigenvalue weighted by molar-refractivity contribution is 5.77. The van der Waals surface area contributed by atoms with Crippen molar-refractivity contribution in [3.8, 4) is 0 Å². The summed E-state index contributed by atoms with van der Waals surface area (Å²) < 4.78 is 39.1. The molecule has 0 saturated heterocycles. The van der Waals surface area contributed by atoms with E-state index in [-0.39, 0.29) is 30.4 Å². The normalized spacial score (nSPS) is 15.4. The first-order valence-electron chi connectivity index (χ1n) is 6.01. The van der Waals surface area contributed by atoms with Gasteiger partial charge in [-0.2, -0.15) is 13.2 Å². The summed E-state index contributed by atoms with van der Waals surface area (Å²) in [6.07, 6.45) is -2.47. The van der Waals surface area contributed by atoms with Crippen molar-refractivity contribution < 1.29 is 23.1 Å². The van der Waals surface area contributed by atoms with Crippen molar-refractivity contribution in [1.29, 1.82) is 0 Å². The lowest BCUT2D eigenvalue weighted by Gasteiger charge is -2.27. The number of carbonyl (C=O) groups is 1. The van der Waals surface area contributed by atoms with E-state index < -0.39 is 11.7 Å². The molecule has 1 N–H and O–H groups in total. The van der Waals surface area contributed by atoms with Crippen LogP contribution < -0.4 is 4.90 Å². The second-order valence-electron chi connectivity index (χ2n) is 4.54. The molecular weight excluding hydrogens is 259 g/mol. The molecular formula is C13H14F3NO2. The Balaban J connectivity index is 2.45. The summed E-state index contributed by atoms with van der Waals surface area (Å²) in [5, 5.41) is 8.99. The molecule has 0 heterocycles. The summed E-state index contributed by atoms with van der Waals surface area (Å²) >= 11 is 0. The summed E-state index contributed by atoms with van der Waals surface area (Å²) in [5.41, 5.74) is -0.789. The van der Waals surface area contributed by atoms with Crippen molar-refractivity contribution in [3.05, 3.63) is 29.3 Å². The van der Waals surface area contributed by atoms with Gasteiger partial charge in [0.2, 0.25) is 0 Å². The summed E-state index contributed by atoms with van der Waals surface area (Å²) in [4.78, 5) is 12.2. The van der Waals surface area contributed by atoms with Gasteiger partial charge in [0.05, 0.1) is 12.2 Å². The lowest BCUT2D eigenvalue weighted by molar-refractivity contribution is -0.137. The third kappa shape index (κ3) is 3.07. The van der Waals surface area contributed by atoms with Crippen LogP contribution in [0.4, 0.5) is 18.9 Å². The van der Waals surface area contributed by atoms with Crippen LogP contribution >= 0.6 is 0 Å². The van der Waals surface area contributed by atoms with Crippen LogP contribution in [-0.2, 0) is 6.18 Å². The van der Waals surface area contributed by atoms with E-state index in [9.17, 15) is 18.0 Å². The molecule has 0 unspecified atom stereocenters. The minimum atomic E-state index is -4.52. The van der Waals surface area contributed by atoms with Crippen molar-refractivity contribution in [3.63, 3.8) is 0 Å². The lowest BCUT2D eigenvalue weighted by atomic mass is 10.1. The number of benzene rings is 1. The van der Waals surface area contributed by atoms with Crippen molar-refractivity contribution in [2.75, 3.05) is 18.1 Å². The number of aliphatic hydroxyl groups is 1. The van der Waals surface area contributed by atoms with Crippen LogP contribution in [0.1, 0.15) is 28.8 Å². The van der Waals surface area contributed by atoms with Crippen molar-refractivity contribution >= 4 is 12.0 Å². The summed E-state index contributed by atoms with van der Waals surface area (Å²) in [5.74, 6) is 0. The topological polar surface area (TPSA) is 40.5 Å². The highest BCUT2D eigenvalue weighted by atomic mass is 19.4. The molecule has 1 fully saturated rings. The molecule has 6 heteroatoms. The van der Waals surface area contributed by atoms with E-state index in [4.69, 9.17) is 5.11 Å². The molecule has 1 aromatic carbocycles. The standard InChI is InChI=1S/C13H14F3NO2/c14-13(15,16)11-7-9(8-19)1-4-12(11)17(5-6-18)10-2-3-10/h1,4,7-8,10,18H,2-3,5-6H2. The molecule has 19 heavy (non-hydrogen) atoms. The Morgan fingerprint density at radius 2 is 2.05 bits per heavy atom. The van der Waals surface area contributed by atoms with E-state index in [1.165, 1.54) is 12.1 Å². The number of halogens is 3. The monoisotopic (exact) mass is 273 g/mol. The van der Waals surface area contributed by atoms with Gasteiger partial charge in [-0.15, -0.1) is 0 Å². The number of rotatable bonds is 5. The van der Waals surface area contributed by atoms with Gasteiger partial charge < -0.3 is 10.0 Å². The average molecular weight is 273 g/mol. The Bertz CT molecular complexity index is 469. The molecule has 0 radical (unpaired) electrons. The maximum absolute atomic E-state index is 13.0. The Morgan fingerprint density at radius 3 is 2.53 bits per heavy atom. The minimum Gasteiger partial charge on any atom is -0.395 e. The highest BCUT2D eigenvalue weighted by Crippen LogP contribution is 2.40. The first kappa shape index (κ1) is 13.9. The van der Waals surface area contributed by atoms with E-state index in [0.29, 0.717) is 6.29 Å². The van der Waals surface area contributed by atoms with E-state index in [1.54, 1.807) is 4.90 Å². The fourth-order valence-electron chi connectivity index (χ4n) is 2.10. The van der Waals surface area contributed by atoms with Crippen LogP contribution in [0.2, 0.25) is 0 Å². The van der Waals surface area contributed by atoms with Crippen LogP contribution in [0.3, 0.4) is 0 Å². The van der Waals surface area contributed by atoms with Gasteiger partial charge in [-0.3, -0.25) is 4.79 Å². The number of anilines is 1. The second-order valence-corrected chi connectivity index (χ2v) is 4.54. The molecule has 0 atom stereocenters. The third-order valence-corrected chi connectivity index (χ3v) is 3.10. The Morgan fingerprint density at radius 1 is 1.37 bits per heavy atom. The number of hydrogen-bond acceptors (Lipinski definition) is 3. The predicted octanol–water partition coefficient (Wildman–Crippen LogP) is 2.48. The zero-order valence-corrected chi connectivity index (χ0v) is 10.2. The molecule has 1 aromatic rings. The SMILES string of the molecule is O=Cc1ccc(N(CCO)C2CC2)c(C(F)(F)F)c1. The van der Waals surface area contributed by atoms with Crippen molar-refractivity contribution in [2.45, 2.75) is 25.1 Å². The number of hydrogen-bond donors (Lipinski definition) is 1. The van der Waals surface area contributed by atoms with Gasteiger partial charge in [-0.05, 0) is 31.0 Å². The van der Waals surface area contributed by atoms with E-state index >= 15 is 0 Å². The zero-order chi connectivity index (χ0) is 14.0. The van der Waals surface area contributed by atoms with Crippen LogP contribution in [0, 0.1) is 0 Å². The van der Waals surface area contributed by atoms with Gasteiger partial charge in [0, 0.05) is 23.8 Å². The van der Waals surface area contributed by atoms with Crippen molar-refractivity contribution in [2.24, 2.45) is 0 Å². The fourth-order valence-corrected chi connectivity index (χ4v) is 2.10. The quantitative estimate of drug-likeness (QED) is 0.838. The van der Waals surface area contributed by atoms with Crippen LogP contribution in [0.15, 0.2) is 18.2 Å². The maximum Gasteiger partial charge on any atom is 0.418 e.